The van der Waals surface area contributed by atoms with Gasteiger partial charge in [-0.05, 0) is 38.0 Å². The SMILES string of the molecule is CC1CCC(C(=O)O)C(Sc2nnc3n2CCCCC3)C1. The number of hydrogen-bond acceptors (Lipinski definition) is 4. The summed E-state index contributed by atoms with van der Waals surface area (Å²) in [5.41, 5.74) is 0. The summed E-state index contributed by atoms with van der Waals surface area (Å²) < 4.78 is 2.22. The second kappa shape index (κ2) is 6.38. The van der Waals surface area contributed by atoms with E-state index in [1.54, 1.807) is 11.8 Å². The van der Waals surface area contributed by atoms with E-state index in [1.165, 1.54) is 19.3 Å². The lowest BCUT2D eigenvalue weighted by Gasteiger charge is -2.31. The van der Waals surface area contributed by atoms with E-state index in [1.807, 2.05) is 0 Å². The van der Waals surface area contributed by atoms with Crippen LogP contribution in [0.2, 0.25) is 0 Å². The molecule has 1 aliphatic carbocycles. The molecule has 0 amide bonds. The molecule has 1 N–H and O–H groups in total. The number of aromatic nitrogens is 3. The highest BCUT2D eigenvalue weighted by molar-refractivity contribution is 7.99. The van der Waals surface area contributed by atoms with Crippen LogP contribution in [0.1, 0.15) is 51.3 Å². The van der Waals surface area contributed by atoms with Crippen molar-refractivity contribution in [3.8, 4) is 0 Å². The Balaban J connectivity index is 1.78. The number of hydrogen-bond donors (Lipinski definition) is 1. The van der Waals surface area contributed by atoms with Gasteiger partial charge in [-0.1, -0.05) is 25.1 Å². The van der Waals surface area contributed by atoms with Gasteiger partial charge in [-0.2, -0.15) is 0 Å². The largest absolute Gasteiger partial charge is 0.481 e. The summed E-state index contributed by atoms with van der Waals surface area (Å²) in [5.74, 6) is 0.773. The summed E-state index contributed by atoms with van der Waals surface area (Å²) in [7, 11) is 0. The molecule has 1 saturated carbocycles. The number of aliphatic carboxylic acids is 1. The van der Waals surface area contributed by atoms with Crippen LogP contribution in [0.25, 0.3) is 0 Å². The van der Waals surface area contributed by atoms with Gasteiger partial charge in [0.2, 0.25) is 0 Å². The predicted octanol–water partition coefficient (Wildman–Crippen LogP) is 2.99. The molecule has 3 unspecified atom stereocenters. The Hall–Kier alpha value is -1.04. The Labute approximate surface area is 129 Å². The standard InChI is InChI=1S/C15H23N3O2S/c1-10-6-7-11(14(19)20)12(9-10)21-15-17-16-13-5-3-2-4-8-18(13)15/h10-12H,2-9H2,1H3,(H,19,20). The molecule has 3 rings (SSSR count). The van der Waals surface area contributed by atoms with Gasteiger partial charge in [0, 0.05) is 18.2 Å². The van der Waals surface area contributed by atoms with Gasteiger partial charge < -0.3 is 9.67 Å². The van der Waals surface area contributed by atoms with Gasteiger partial charge in [-0.3, -0.25) is 4.79 Å². The van der Waals surface area contributed by atoms with Crippen molar-refractivity contribution >= 4 is 17.7 Å². The Morgan fingerprint density at radius 2 is 2.14 bits per heavy atom. The first kappa shape index (κ1) is 14.9. The smallest absolute Gasteiger partial charge is 0.307 e. The highest BCUT2D eigenvalue weighted by Crippen LogP contribution is 2.39. The summed E-state index contributed by atoms with van der Waals surface area (Å²) in [6, 6.07) is 0. The molecule has 1 aromatic rings. The average molecular weight is 309 g/mol. The van der Waals surface area contributed by atoms with Crippen molar-refractivity contribution in [3.05, 3.63) is 5.82 Å². The van der Waals surface area contributed by atoms with Crippen LogP contribution >= 0.6 is 11.8 Å². The molecule has 5 nitrogen and oxygen atoms in total. The van der Waals surface area contributed by atoms with Gasteiger partial charge in [0.05, 0.1) is 5.92 Å². The molecule has 1 aromatic heterocycles. The Kier molecular flexibility index (Phi) is 4.52. The zero-order chi connectivity index (χ0) is 14.8. The van der Waals surface area contributed by atoms with Gasteiger partial charge in [0.1, 0.15) is 5.82 Å². The third kappa shape index (κ3) is 3.25. The minimum atomic E-state index is -0.657. The first-order valence-electron chi connectivity index (χ1n) is 7.96. The number of aryl methyl sites for hydroxylation is 1. The molecular formula is C15H23N3O2S. The lowest BCUT2D eigenvalue weighted by Crippen LogP contribution is -2.32. The topological polar surface area (TPSA) is 68.0 Å². The van der Waals surface area contributed by atoms with Gasteiger partial charge in [-0.15, -0.1) is 10.2 Å². The molecule has 6 heteroatoms. The number of carbonyl (C=O) groups is 1. The third-order valence-electron chi connectivity index (χ3n) is 4.70. The molecule has 1 fully saturated rings. The van der Waals surface area contributed by atoms with Crippen LogP contribution in [0.3, 0.4) is 0 Å². The van der Waals surface area contributed by atoms with E-state index < -0.39 is 5.97 Å². The van der Waals surface area contributed by atoms with Gasteiger partial charge in [0.25, 0.3) is 0 Å². The molecule has 0 saturated heterocycles. The molecule has 0 radical (unpaired) electrons. The van der Waals surface area contributed by atoms with Crippen LogP contribution in [0, 0.1) is 11.8 Å². The Morgan fingerprint density at radius 3 is 2.95 bits per heavy atom. The van der Waals surface area contributed by atoms with Crippen molar-refractivity contribution in [2.75, 3.05) is 0 Å². The zero-order valence-electron chi connectivity index (χ0n) is 12.5. The number of carboxylic acids is 1. The van der Waals surface area contributed by atoms with E-state index in [4.69, 9.17) is 0 Å². The maximum Gasteiger partial charge on any atom is 0.307 e. The Bertz CT molecular complexity index is 517. The second-order valence-electron chi connectivity index (χ2n) is 6.38. The van der Waals surface area contributed by atoms with Crippen molar-refractivity contribution in [1.29, 1.82) is 0 Å². The van der Waals surface area contributed by atoms with Crippen LogP contribution in [0.15, 0.2) is 5.16 Å². The molecule has 21 heavy (non-hydrogen) atoms. The molecule has 1 aliphatic heterocycles. The molecule has 2 aliphatic rings. The van der Waals surface area contributed by atoms with E-state index in [2.05, 4.69) is 21.7 Å². The van der Waals surface area contributed by atoms with E-state index >= 15 is 0 Å². The van der Waals surface area contributed by atoms with Crippen molar-refractivity contribution in [2.24, 2.45) is 11.8 Å². The molecule has 0 bridgehead atoms. The predicted molar refractivity (Wildman–Crippen MR) is 81.4 cm³/mol. The summed E-state index contributed by atoms with van der Waals surface area (Å²) in [6.07, 6.45) is 7.36. The number of nitrogens with zero attached hydrogens (tertiary/aromatic N) is 3. The fraction of sp³-hybridized carbons (Fsp3) is 0.800. The first-order chi connectivity index (χ1) is 10.1. The van der Waals surface area contributed by atoms with Gasteiger partial charge >= 0.3 is 5.97 Å². The van der Waals surface area contributed by atoms with E-state index in [0.29, 0.717) is 5.92 Å². The molecule has 0 spiro atoms. The van der Waals surface area contributed by atoms with Crippen LogP contribution in [-0.2, 0) is 17.8 Å². The monoisotopic (exact) mass is 309 g/mol. The summed E-state index contributed by atoms with van der Waals surface area (Å²) in [6.45, 7) is 3.20. The summed E-state index contributed by atoms with van der Waals surface area (Å²) in [5, 5.41) is 19.2. The van der Waals surface area contributed by atoms with Crippen LogP contribution in [0.4, 0.5) is 0 Å². The highest BCUT2D eigenvalue weighted by Gasteiger charge is 2.35. The van der Waals surface area contributed by atoms with E-state index in [-0.39, 0.29) is 11.2 Å². The van der Waals surface area contributed by atoms with Gasteiger partial charge in [-0.25, -0.2) is 0 Å². The molecule has 0 aromatic carbocycles. The third-order valence-corrected chi connectivity index (χ3v) is 6.04. The molecule has 116 valence electrons. The molecular weight excluding hydrogens is 286 g/mol. The van der Waals surface area contributed by atoms with Crippen molar-refractivity contribution in [1.82, 2.24) is 14.8 Å². The fourth-order valence-corrected chi connectivity index (χ4v) is 4.95. The maximum atomic E-state index is 11.5. The minimum Gasteiger partial charge on any atom is -0.481 e. The lowest BCUT2D eigenvalue weighted by atomic mass is 9.82. The minimum absolute atomic E-state index is 0.128. The molecule has 3 atom stereocenters. The quantitative estimate of drug-likeness (QED) is 0.929. The number of carboxylic acid groups (broad SMARTS) is 1. The molecule has 2 heterocycles. The first-order valence-corrected chi connectivity index (χ1v) is 8.84. The highest BCUT2D eigenvalue weighted by atomic mass is 32.2. The average Bonchev–Trinajstić information content (AvgIpc) is 2.68. The van der Waals surface area contributed by atoms with Crippen molar-refractivity contribution in [2.45, 2.75) is 68.8 Å². The van der Waals surface area contributed by atoms with Crippen LogP contribution < -0.4 is 0 Å². The normalized spacial score (nSPS) is 29.7. The number of rotatable bonds is 3. The number of thioether (sulfide) groups is 1. The maximum absolute atomic E-state index is 11.5. The summed E-state index contributed by atoms with van der Waals surface area (Å²) in [4.78, 5) is 11.5. The number of fused-ring (bicyclic) bond motifs is 1. The lowest BCUT2D eigenvalue weighted by molar-refractivity contribution is -0.142. The Morgan fingerprint density at radius 1 is 1.29 bits per heavy atom. The van der Waals surface area contributed by atoms with Crippen LogP contribution in [0.5, 0.6) is 0 Å². The van der Waals surface area contributed by atoms with Crippen LogP contribution in [-0.4, -0.2) is 31.1 Å². The van der Waals surface area contributed by atoms with E-state index in [9.17, 15) is 9.90 Å². The second-order valence-corrected chi connectivity index (χ2v) is 7.59. The zero-order valence-corrected chi connectivity index (χ0v) is 13.3. The van der Waals surface area contributed by atoms with Crippen molar-refractivity contribution < 1.29 is 9.90 Å². The fourth-order valence-electron chi connectivity index (χ4n) is 3.42. The summed E-state index contributed by atoms with van der Waals surface area (Å²) >= 11 is 1.64. The van der Waals surface area contributed by atoms with Crippen molar-refractivity contribution in [3.63, 3.8) is 0 Å². The van der Waals surface area contributed by atoms with Gasteiger partial charge in [0.15, 0.2) is 5.16 Å². The van der Waals surface area contributed by atoms with E-state index in [0.717, 1.165) is 43.2 Å².